The summed E-state index contributed by atoms with van der Waals surface area (Å²) in [5, 5.41) is 0. The predicted molar refractivity (Wildman–Crippen MR) is 44.1 cm³/mol. The van der Waals surface area contributed by atoms with Gasteiger partial charge in [-0.3, -0.25) is 0 Å². The van der Waals surface area contributed by atoms with Gasteiger partial charge in [-0.2, -0.15) is 0 Å². The van der Waals surface area contributed by atoms with Crippen LogP contribution in [-0.4, -0.2) is 6.54 Å². The SMILES string of the molecule is NCCc1ccc(C(F)F)c(F)c1. The number of nitrogens with two attached hydrogens (primary N) is 1. The lowest BCUT2D eigenvalue weighted by Gasteiger charge is -2.03. The summed E-state index contributed by atoms with van der Waals surface area (Å²) in [4.78, 5) is 0. The highest BCUT2D eigenvalue weighted by atomic mass is 19.3. The molecule has 0 saturated heterocycles. The van der Waals surface area contributed by atoms with Crippen molar-refractivity contribution in [3.8, 4) is 0 Å². The van der Waals surface area contributed by atoms with Crippen molar-refractivity contribution < 1.29 is 13.2 Å². The Bertz CT molecular complexity index is 286. The van der Waals surface area contributed by atoms with E-state index in [0.29, 0.717) is 18.5 Å². The number of hydrogen-bond acceptors (Lipinski definition) is 1. The Morgan fingerprint density at radius 2 is 2.00 bits per heavy atom. The molecule has 0 saturated carbocycles. The van der Waals surface area contributed by atoms with E-state index in [4.69, 9.17) is 5.73 Å². The molecule has 0 aliphatic rings. The lowest BCUT2D eigenvalue weighted by atomic mass is 10.1. The second kappa shape index (κ2) is 4.28. The van der Waals surface area contributed by atoms with E-state index in [-0.39, 0.29) is 0 Å². The van der Waals surface area contributed by atoms with Crippen LogP contribution in [0.5, 0.6) is 0 Å². The maximum atomic E-state index is 12.9. The molecular formula is C9H10F3N. The molecule has 1 aromatic rings. The molecule has 0 fully saturated rings. The van der Waals surface area contributed by atoms with Crippen LogP contribution in [0, 0.1) is 5.82 Å². The summed E-state index contributed by atoms with van der Waals surface area (Å²) in [7, 11) is 0. The molecule has 0 spiro atoms. The fourth-order valence-electron chi connectivity index (χ4n) is 1.07. The molecule has 0 aromatic heterocycles. The van der Waals surface area contributed by atoms with Crippen LogP contribution in [0.25, 0.3) is 0 Å². The Balaban J connectivity index is 2.92. The third kappa shape index (κ3) is 2.45. The second-order valence-electron chi connectivity index (χ2n) is 2.70. The standard InChI is InChI=1S/C9H10F3N/c10-8-5-6(3-4-13)1-2-7(8)9(11)12/h1-2,5,9H,3-4,13H2. The molecule has 0 amide bonds. The van der Waals surface area contributed by atoms with Gasteiger partial charge in [-0.25, -0.2) is 13.2 Å². The Kier molecular flexibility index (Phi) is 3.31. The first-order valence-electron chi connectivity index (χ1n) is 3.91. The van der Waals surface area contributed by atoms with Gasteiger partial charge in [0.25, 0.3) is 6.43 Å². The van der Waals surface area contributed by atoms with E-state index in [1.807, 2.05) is 0 Å². The lowest BCUT2D eigenvalue weighted by Crippen LogP contribution is -2.03. The fourth-order valence-corrected chi connectivity index (χ4v) is 1.07. The average molecular weight is 189 g/mol. The zero-order valence-electron chi connectivity index (χ0n) is 6.93. The van der Waals surface area contributed by atoms with Crippen LogP contribution in [0.2, 0.25) is 0 Å². The quantitative estimate of drug-likeness (QED) is 0.775. The van der Waals surface area contributed by atoms with Crippen molar-refractivity contribution in [3.63, 3.8) is 0 Å². The van der Waals surface area contributed by atoms with E-state index in [9.17, 15) is 13.2 Å². The smallest absolute Gasteiger partial charge is 0.266 e. The largest absolute Gasteiger partial charge is 0.330 e. The van der Waals surface area contributed by atoms with Gasteiger partial charge in [0.05, 0.1) is 5.56 Å². The van der Waals surface area contributed by atoms with Crippen molar-refractivity contribution in [3.05, 3.63) is 35.1 Å². The molecule has 0 heterocycles. The van der Waals surface area contributed by atoms with Gasteiger partial charge in [-0.05, 0) is 24.6 Å². The van der Waals surface area contributed by atoms with Crippen LogP contribution in [0.15, 0.2) is 18.2 Å². The van der Waals surface area contributed by atoms with Gasteiger partial charge >= 0.3 is 0 Å². The number of alkyl halides is 2. The maximum absolute atomic E-state index is 12.9. The van der Waals surface area contributed by atoms with Gasteiger partial charge in [0, 0.05) is 0 Å². The van der Waals surface area contributed by atoms with Crippen molar-refractivity contribution in [2.24, 2.45) is 5.73 Å². The predicted octanol–water partition coefficient (Wildman–Crippen LogP) is 2.26. The van der Waals surface area contributed by atoms with Gasteiger partial charge in [0.15, 0.2) is 0 Å². The Labute approximate surface area is 74.4 Å². The van der Waals surface area contributed by atoms with Crippen LogP contribution < -0.4 is 5.73 Å². The van der Waals surface area contributed by atoms with E-state index < -0.39 is 17.8 Å². The molecule has 1 nitrogen and oxygen atoms in total. The van der Waals surface area contributed by atoms with Gasteiger partial charge in [-0.1, -0.05) is 12.1 Å². The van der Waals surface area contributed by atoms with Crippen LogP contribution in [-0.2, 0) is 6.42 Å². The normalized spacial score (nSPS) is 10.8. The zero-order chi connectivity index (χ0) is 9.84. The van der Waals surface area contributed by atoms with E-state index in [1.54, 1.807) is 0 Å². The molecular weight excluding hydrogens is 179 g/mol. The first-order chi connectivity index (χ1) is 6.15. The van der Waals surface area contributed by atoms with Crippen molar-refractivity contribution in [1.82, 2.24) is 0 Å². The highest BCUT2D eigenvalue weighted by Crippen LogP contribution is 2.22. The van der Waals surface area contributed by atoms with Gasteiger partial charge in [-0.15, -0.1) is 0 Å². The van der Waals surface area contributed by atoms with Gasteiger partial charge in [0.2, 0.25) is 0 Å². The Morgan fingerprint density at radius 1 is 1.31 bits per heavy atom. The summed E-state index contributed by atoms with van der Waals surface area (Å²) in [6, 6.07) is 3.68. The maximum Gasteiger partial charge on any atom is 0.266 e. The van der Waals surface area contributed by atoms with Crippen LogP contribution in [0.1, 0.15) is 17.6 Å². The summed E-state index contributed by atoms with van der Waals surface area (Å²) in [6.07, 6.45) is -2.26. The molecule has 2 N–H and O–H groups in total. The average Bonchev–Trinajstić information content (AvgIpc) is 2.04. The topological polar surface area (TPSA) is 26.0 Å². The first kappa shape index (κ1) is 10.1. The van der Waals surface area contributed by atoms with Crippen LogP contribution in [0.3, 0.4) is 0 Å². The third-order valence-corrected chi connectivity index (χ3v) is 1.73. The monoisotopic (exact) mass is 189 g/mol. The first-order valence-corrected chi connectivity index (χ1v) is 3.91. The van der Waals surface area contributed by atoms with Crippen LogP contribution in [0.4, 0.5) is 13.2 Å². The summed E-state index contributed by atoms with van der Waals surface area (Å²) >= 11 is 0. The third-order valence-electron chi connectivity index (χ3n) is 1.73. The van der Waals surface area contributed by atoms with Gasteiger partial charge in [0.1, 0.15) is 5.82 Å². The fraction of sp³-hybridized carbons (Fsp3) is 0.333. The highest BCUT2D eigenvalue weighted by Gasteiger charge is 2.12. The minimum atomic E-state index is -2.76. The van der Waals surface area contributed by atoms with E-state index in [1.165, 1.54) is 6.07 Å². The molecule has 0 bridgehead atoms. The number of benzene rings is 1. The second-order valence-corrected chi connectivity index (χ2v) is 2.70. The number of rotatable bonds is 3. The van der Waals surface area contributed by atoms with Gasteiger partial charge < -0.3 is 5.73 Å². The highest BCUT2D eigenvalue weighted by molar-refractivity contribution is 5.25. The molecule has 72 valence electrons. The van der Waals surface area contributed by atoms with Crippen LogP contribution >= 0.6 is 0 Å². The van der Waals surface area contributed by atoms with Crippen molar-refractivity contribution in [2.75, 3.05) is 6.54 Å². The molecule has 0 unspecified atom stereocenters. The minimum Gasteiger partial charge on any atom is -0.330 e. The molecule has 0 aliphatic carbocycles. The number of halogens is 3. The summed E-state index contributed by atoms with van der Waals surface area (Å²) in [6.45, 7) is 0.382. The Morgan fingerprint density at radius 3 is 2.46 bits per heavy atom. The minimum absolute atomic E-state index is 0.382. The summed E-state index contributed by atoms with van der Waals surface area (Å²) in [5.74, 6) is -0.860. The van der Waals surface area contributed by atoms with E-state index in [0.717, 1.165) is 12.1 Å². The molecule has 4 heteroatoms. The molecule has 1 rings (SSSR count). The van der Waals surface area contributed by atoms with E-state index in [2.05, 4.69) is 0 Å². The van der Waals surface area contributed by atoms with Crippen molar-refractivity contribution in [2.45, 2.75) is 12.8 Å². The van der Waals surface area contributed by atoms with Crippen molar-refractivity contribution in [1.29, 1.82) is 0 Å². The summed E-state index contributed by atoms with van der Waals surface area (Å²) < 4.78 is 37.1. The van der Waals surface area contributed by atoms with Crippen molar-refractivity contribution >= 4 is 0 Å². The summed E-state index contributed by atoms with van der Waals surface area (Å²) in [5.41, 5.74) is 5.33. The lowest BCUT2D eigenvalue weighted by molar-refractivity contribution is 0.146. The molecule has 1 aromatic carbocycles. The van der Waals surface area contributed by atoms with E-state index >= 15 is 0 Å². The Hall–Kier alpha value is -1.03. The number of hydrogen-bond donors (Lipinski definition) is 1. The molecule has 0 atom stereocenters. The molecule has 0 radical (unpaired) electrons. The zero-order valence-corrected chi connectivity index (χ0v) is 6.93. The molecule has 0 aliphatic heterocycles. The molecule has 13 heavy (non-hydrogen) atoms.